The summed E-state index contributed by atoms with van der Waals surface area (Å²) in [5, 5.41) is 0.779. The molecule has 0 aliphatic rings. The van der Waals surface area contributed by atoms with Gasteiger partial charge in [-0.15, -0.1) is 11.3 Å². The number of aromatic nitrogens is 2. The van der Waals surface area contributed by atoms with Crippen molar-refractivity contribution in [2.75, 3.05) is 0 Å². The Morgan fingerprint density at radius 3 is 2.48 bits per heavy atom. The molecular weight excluding hydrogens is 404 g/mol. The molecule has 128 valence electrons. The number of benzene rings is 1. The fourth-order valence-corrected chi connectivity index (χ4v) is 3.72. The van der Waals surface area contributed by atoms with E-state index < -0.39 is 11.8 Å². The summed E-state index contributed by atoms with van der Waals surface area (Å²) in [5.41, 5.74) is 6.79. The lowest BCUT2D eigenvalue weighted by Crippen LogP contribution is -2.42. The van der Waals surface area contributed by atoms with Gasteiger partial charge < -0.3 is 4.57 Å². The molecule has 6 nitrogen and oxygen atoms in total. The van der Waals surface area contributed by atoms with Crippen LogP contribution in [0.5, 0.6) is 0 Å². The van der Waals surface area contributed by atoms with E-state index >= 15 is 0 Å². The molecule has 3 aromatic rings. The number of carbonyl (C=O) groups is 2. The van der Waals surface area contributed by atoms with Crippen LogP contribution in [0.2, 0.25) is 0 Å². The first kappa shape index (κ1) is 17.4. The van der Waals surface area contributed by atoms with Crippen LogP contribution < -0.4 is 10.9 Å². The van der Waals surface area contributed by atoms with Crippen LogP contribution in [0.3, 0.4) is 0 Å². The first-order valence-electron chi connectivity index (χ1n) is 7.41. The normalized spacial score (nSPS) is 10.5. The van der Waals surface area contributed by atoms with E-state index in [0.29, 0.717) is 16.3 Å². The molecule has 0 fully saturated rings. The third kappa shape index (κ3) is 3.80. The van der Waals surface area contributed by atoms with E-state index in [1.807, 2.05) is 37.3 Å². The van der Waals surface area contributed by atoms with Gasteiger partial charge >= 0.3 is 0 Å². The number of hydrogen-bond acceptors (Lipinski definition) is 4. The fourth-order valence-electron chi connectivity index (χ4n) is 2.36. The largest absolute Gasteiger partial charge is 0.345 e. The number of hydrazine groups is 1. The van der Waals surface area contributed by atoms with Crippen molar-refractivity contribution < 1.29 is 9.59 Å². The van der Waals surface area contributed by atoms with Gasteiger partial charge in [-0.05, 0) is 28.9 Å². The summed E-state index contributed by atoms with van der Waals surface area (Å²) >= 11 is 4.60. The number of rotatable bonds is 3. The number of aryl methyl sites for hydroxylation is 2. The fraction of sp³-hybridized carbons (Fsp3) is 0.118. The third-order valence-electron chi connectivity index (χ3n) is 3.48. The van der Waals surface area contributed by atoms with Crippen LogP contribution >= 0.6 is 27.3 Å². The Kier molecular flexibility index (Phi) is 5.00. The Bertz CT molecular complexity index is 934. The van der Waals surface area contributed by atoms with Crippen molar-refractivity contribution in [2.45, 2.75) is 6.92 Å². The first-order valence-corrected chi connectivity index (χ1v) is 9.02. The highest BCUT2D eigenvalue weighted by atomic mass is 79.9. The quantitative estimate of drug-likeness (QED) is 0.640. The lowest BCUT2D eigenvalue weighted by atomic mass is 10.1. The van der Waals surface area contributed by atoms with Gasteiger partial charge in [-0.25, -0.2) is 4.98 Å². The number of nitrogens with one attached hydrogen (secondary N) is 2. The standard InChI is InChI=1S/C17H15BrN4O2S/c1-10-19-14(11-6-4-3-5-7-11)15(25-10)17(24)21-20-16(23)13-8-12(18)9-22(13)2/h3-9H,1-2H3,(H,20,23)(H,21,24). The van der Waals surface area contributed by atoms with Gasteiger partial charge in [0.25, 0.3) is 11.8 Å². The summed E-state index contributed by atoms with van der Waals surface area (Å²) in [6.07, 6.45) is 1.76. The zero-order valence-corrected chi connectivity index (χ0v) is 15.9. The van der Waals surface area contributed by atoms with Crippen LogP contribution in [0.25, 0.3) is 11.3 Å². The number of halogens is 1. The van der Waals surface area contributed by atoms with E-state index in [1.165, 1.54) is 11.3 Å². The molecule has 8 heteroatoms. The second kappa shape index (κ2) is 7.20. The second-order valence-electron chi connectivity index (χ2n) is 5.34. The van der Waals surface area contributed by atoms with Crippen molar-refractivity contribution >= 4 is 39.1 Å². The predicted octanol–water partition coefficient (Wildman–Crippen LogP) is 3.29. The first-order chi connectivity index (χ1) is 12.0. The lowest BCUT2D eigenvalue weighted by Gasteiger charge is -2.08. The monoisotopic (exact) mass is 418 g/mol. The minimum atomic E-state index is -0.399. The summed E-state index contributed by atoms with van der Waals surface area (Å²) in [5.74, 6) is -0.796. The number of thiazole rings is 1. The van der Waals surface area contributed by atoms with Crippen molar-refractivity contribution in [3.8, 4) is 11.3 Å². The number of amides is 2. The molecule has 0 atom stereocenters. The van der Waals surface area contributed by atoms with Gasteiger partial charge in [-0.1, -0.05) is 30.3 Å². The summed E-state index contributed by atoms with van der Waals surface area (Å²) in [4.78, 5) is 29.6. The smallest absolute Gasteiger partial charge is 0.286 e. The van der Waals surface area contributed by atoms with Gasteiger partial charge in [-0.3, -0.25) is 20.4 Å². The topological polar surface area (TPSA) is 76.0 Å². The highest BCUT2D eigenvalue weighted by molar-refractivity contribution is 9.10. The van der Waals surface area contributed by atoms with Crippen molar-refractivity contribution in [1.82, 2.24) is 20.4 Å². The lowest BCUT2D eigenvalue weighted by molar-refractivity contribution is 0.0844. The van der Waals surface area contributed by atoms with Crippen LogP contribution in [0.15, 0.2) is 47.1 Å². The number of hydrogen-bond donors (Lipinski definition) is 2. The molecule has 0 aliphatic heterocycles. The summed E-state index contributed by atoms with van der Waals surface area (Å²) in [6, 6.07) is 11.1. The van der Waals surface area contributed by atoms with Gasteiger partial charge in [0.2, 0.25) is 0 Å². The molecule has 2 N–H and O–H groups in total. The van der Waals surface area contributed by atoms with Crippen molar-refractivity contribution in [3.63, 3.8) is 0 Å². The van der Waals surface area contributed by atoms with E-state index in [-0.39, 0.29) is 0 Å². The Labute approximate surface area is 157 Å². The molecular formula is C17H15BrN4O2S. The van der Waals surface area contributed by atoms with Crippen molar-refractivity contribution in [3.05, 3.63) is 62.6 Å². The molecule has 3 rings (SSSR count). The van der Waals surface area contributed by atoms with Crippen LogP contribution in [0.4, 0.5) is 0 Å². The maximum absolute atomic E-state index is 12.5. The van der Waals surface area contributed by atoms with Crippen LogP contribution in [0, 0.1) is 6.92 Å². The second-order valence-corrected chi connectivity index (χ2v) is 7.46. The average Bonchev–Trinajstić information content (AvgIpc) is 3.15. The van der Waals surface area contributed by atoms with E-state index in [4.69, 9.17) is 0 Å². The zero-order chi connectivity index (χ0) is 18.0. The van der Waals surface area contributed by atoms with Gasteiger partial charge in [0, 0.05) is 23.3 Å². The summed E-state index contributed by atoms with van der Waals surface area (Å²) < 4.78 is 2.45. The maximum Gasteiger partial charge on any atom is 0.286 e. The van der Waals surface area contributed by atoms with Crippen LogP contribution in [-0.4, -0.2) is 21.4 Å². The molecule has 0 bridgehead atoms. The van der Waals surface area contributed by atoms with E-state index in [1.54, 1.807) is 23.9 Å². The van der Waals surface area contributed by atoms with E-state index in [0.717, 1.165) is 15.0 Å². The Hall–Kier alpha value is -2.45. The van der Waals surface area contributed by atoms with Gasteiger partial charge in [-0.2, -0.15) is 0 Å². The van der Waals surface area contributed by atoms with E-state index in [2.05, 4.69) is 31.8 Å². The molecule has 0 aliphatic carbocycles. The summed E-state index contributed by atoms with van der Waals surface area (Å²) in [7, 11) is 1.75. The highest BCUT2D eigenvalue weighted by Crippen LogP contribution is 2.27. The Balaban J connectivity index is 1.76. The van der Waals surface area contributed by atoms with Crippen molar-refractivity contribution in [1.29, 1.82) is 0 Å². The third-order valence-corrected chi connectivity index (χ3v) is 4.88. The molecule has 0 spiro atoms. The Morgan fingerprint density at radius 1 is 1.16 bits per heavy atom. The van der Waals surface area contributed by atoms with Crippen LogP contribution in [0.1, 0.15) is 25.2 Å². The van der Waals surface area contributed by atoms with Gasteiger partial charge in [0.1, 0.15) is 10.6 Å². The van der Waals surface area contributed by atoms with Gasteiger partial charge in [0.05, 0.1) is 10.7 Å². The molecule has 0 unspecified atom stereocenters. The molecule has 25 heavy (non-hydrogen) atoms. The molecule has 0 saturated carbocycles. The predicted molar refractivity (Wildman–Crippen MR) is 100 cm³/mol. The molecule has 1 aromatic carbocycles. The molecule has 2 aromatic heterocycles. The average molecular weight is 419 g/mol. The Morgan fingerprint density at radius 2 is 1.84 bits per heavy atom. The molecule has 2 amide bonds. The highest BCUT2D eigenvalue weighted by Gasteiger charge is 2.19. The zero-order valence-electron chi connectivity index (χ0n) is 13.5. The van der Waals surface area contributed by atoms with E-state index in [9.17, 15) is 9.59 Å². The number of carbonyl (C=O) groups excluding carboxylic acids is 2. The minimum Gasteiger partial charge on any atom is -0.345 e. The van der Waals surface area contributed by atoms with Gasteiger partial charge in [0.15, 0.2) is 0 Å². The number of nitrogens with zero attached hydrogens (tertiary/aromatic N) is 2. The van der Waals surface area contributed by atoms with Crippen molar-refractivity contribution in [2.24, 2.45) is 7.05 Å². The molecule has 0 saturated heterocycles. The van der Waals surface area contributed by atoms with Crippen LogP contribution in [-0.2, 0) is 7.05 Å². The molecule has 0 radical (unpaired) electrons. The maximum atomic E-state index is 12.5. The SMILES string of the molecule is Cc1nc(-c2ccccc2)c(C(=O)NNC(=O)c2cc(Br)cn2C)s1. The molecule has 2 heterocycles. The minimum absolute atomic E-state index is 0.397. The summed E-state index contributed by atoms with van der Waals surface area (Å²) in [6.45, 7) is 1.84.